The van der Waals surface area contributed by atoms with Crippen molar-refractivity contribution in [3.05, 3.63) is 0 Å². The number of fused-ring (bicyclic) bond motifs is 1. The van der Waals surface area contributed by atoms with E-state index < -0.39 is 17.2 Å². The summed E-state index contributed by atoms with van der Waals surface area (Å²) in [7, 11) is -2.72. The summed E-state index contributed by atoms with van der Waals surface area (Å²) in [5, 5.41) is 0.00428. The highest BCUT2D eigenvalue weighted by atomic mass is 32.2. The third-order valence-corrected chi connectivity index (χ3v) is 7.92. The number of hydrogen-bond acceptors (Lipinski definition) is 9. The van der Waals surface area contributed by atoms with Gasteiger partial charge in [-0.15, -0.1) is 0 Å². The van der Waals surface area contributed by atoms with Crippen molar-refractivity contribution in [1.29, 1.82) is 0 Å². The lowest BCUT2D eigenvalue weighted by Crippen LogP contribution is -2.44. The van der Waals surface area contributed by atoms with Crippen LogP contribution in [0.3, 0.4) is 0 Å². The minimum Gasteiger partial charge on any atom is -0.371 e. The summed E-state index contributed by atoms with van der Waals surface area (Å²) < 4.78 is 46.8. The molecule has 0 radical (unpaired) electrons. The topological polar surface area (TPSA) is 73.8 Å². The Morgan fingerprint density at radius 1 is 0.778 bits per heavy atom. The summed E-state index contributed by atoms with van der Waals surface area (Å²) >= 11 is 1.39. The Hall–Kier alpha value is 0.890. The SMILES string of the molecule is CC1(C)COP(O[C@H]2CO[C@H]3[C@@H]2SOC[C@H]3OP2OCC(C)(C)CO2)OC1. The molecule has 4 aliphatic heterocycles. The van der Waals surface area contributed by atoms with Gasteiger partial charge in [0.05, 0.1) is 44.9 Å². The maximum Gasteiger partial charge on any atom is 0.333 e. The third-order valence-electron chi connectivity index (χ3n) is 4.61. The first-order chi connectivity index (χ1) is 12.8. The molecule has 0 aromatic carbocycles. The molecule has 4 fully saturated rings. The molecule has 0 aromatic rings. The molecule has 0 aliphatic carbocycles. The van der Waals surface area contributed by atoms with Crippen molar-refractivity contribution >= 4 is 29.2 Å². The predicted octanol–water partition coefficient (Wildman–Crippen LogP) is 3.80. The van der Waals surface area contributed by atoms with Crippen molar-refractivity contribution in [3.8, 4) is 0 Å². The van der Waals surface area contributed by atoms with E-state index in [0.717, 1.165) is 0 Å². The Bertz CT molecular complexity index is 505. The molecule has 4 atom stereocenters. The summed E-state index contributed by atoms with van der Waals surface area (Å²) in [5.74, 6) is 0. The van der Waals surface area contributed by atoms with Crippen molar-refractivity contribution in [2.75, 3.05) is 39.6 Å². The van der Waals surface area contributed by atoms with E-state index in [1.807, 2.05) is 0 Å². The maximum atomic E-state index is 6.06. The van der Waals surface area contributed by atoms with Crippen LogP contribution in [-0.2, 0) is 36.1 Å². The molecule has 0 amide bonds. The van der Waals surface area contributed by atoms with Crippen molar-refractivity contribution in [3.63, 3.8) is 0 Å². The highest BCUT2D eigenvalue weighted by molar-refractivity contribution is 7.95. The first-order valence-electron chi connectivity index (χ1n) is 9.17. The van der Waals surface area contributed by atoms with Crippen LogP contribution in [0.4, 0.5) is 0 Å². The zero-order chi connectivity index (χ0) is 19.1. The summed E-state index contributed by atoms with van der Waals surface area (Å²) in [5.41, 5.74) is 0.0401. The van der Waals surface area contributed by atoms with Crippen molar-refractivity contribution < 1.29 is 36.1 Å². The highest BCUT2D eigenvalue weighted by Crippen LogP contribution is 2.53. The van der Waals surface area contributed by atoms with Gasteiger partial charge in [0.2, 0.25) is 0 Å². The highest BCUT2D eigenvalue weighted by Gasteiger charge is 2.50. The van der Waals surface area contributed by atoms with Crippen LogP contribution in [0.25, 0.3) is 0 Å². The zero-order valence-corrected chi connectivity index (χ0v) is 18.7. The Morgan fingerprint density at radius 2 is 1.30 bits per heavy atom. The molecule has 11 heteroatoms. The van der Waals surface area contributed by atoms with Crippen LogP contribution in [0.1, 0.15) is 27.7 Å². The summed E-state index contributed by atoms with van der Waals surface area (Å²) in [4.78, 5) is 0. The Labute approximate surface area is 167 Å². The van der Waals surface area contributed by atoms with Gasteiger partial charge in [-0.25, -0.2) is 0 Å². The molecule has 0 N–H and O–H groups in total. The fourth-order valence-electron chi connectivity index (χ4n) is 2.91. The fraction of sp³-hybridized carbons (Fsp3) is 1.00. The predicted molar refractivity (Wildman–Crippen MR) is 102 cm³/mol. The van der Waals surface area contributed by atoms with Gasteiger partial charge in [0.25, 0.3) is 0 Å². The molecule has 4 saturated heterocycles. The number of hydrogen-bond donors (Lipinski definition) is 0. The lowest BCUT2D eigenvalue weighted by molar-refractivity contribution is -0.0432. The fourth-order valence-corrected chi connectivity index (χ4v) is 7.01. The molecular weight excluding hydrogens is 414 g/mol. The summed E-state index contributed by atoms with van der Waals surface area (Å²) in [6.45, 7) is 11.8. The van der Waals surface area contributed by atoms with Crippen molar-refractivity contribution in [1.82, 2.24) is 0 Å². The molecule has 156 valence electrons. The monoisotopic (exact) mass is 442 g/mol. The van der Waals surface area contributed by atoms with E-state index in [0.29, 0.717) is 39.6 Å². The molecule has 0 spiro atoms. The van der Waals surface area contributed by atoms with E-state index in [2.05, 4.69) is 27.7 Å². The van der Waals surface area contributed by atoms with Gasteiger partial charge in [0, 0.05) is 22.9 Å². The summed E-state index contributed by atoms with van der Waals surface area (Å²) in [6.07, 6.45) is -0.523. The van der Waals surface area contributed by atoms with Gasteiger partial charge in [-0.2, -0.15) is 0 Å². The smallest absolute Gasteiger partial charge is 0.333 e. The average molecular weight is 442 g/mol. The van der Waals surface area contributed by atoms with Crippen LogP contribution < -0.4 is 0 Å². The second-order valence-electron chi connectivity index (χ2n) is 8.80. The Morgan fingerprint density at radius 3 is 1.85 bits per heavy atom. The van der Waals surface area contributed by atoms with Crippen LogP contribution in [0, 0.1) is 10.8 Å². The minimum atomic E-state index is -1.37. The standard InChI is InChI=1S/C16H28O8P2S/c1-15(2)7-18-25(19-8-15)23-11-6-22-27-14-12(5-17-13(11)14)24-26-20-9-16(3,4)10-21-26/h11-14H,5-10H2,1-4H3/t11-,12+,13-,14-/m1/s1. The quantitative estimate of drug-likeness (QED) is 0.477. The van der Waals surface area contributed by atoms with E-state index in [1.54, 1.807) is 0 Å². The molecule has 8 nitrogen and oxygen atoms in total. The second kappa shape index (κ2) is 8.56. The molecule has 0 bridgehead atoms. The van der Waals surface area contributed by atoms with Crippen molar-refractivity contribution in [2.45, 2.75) is 51.3 Å². The van der Waals surface area contributed by atoms with Gasteiger partial charge in [0.15, 0.2) is 0 Å². The lowest BCUT2D eigenvalue weighted by Gasteiger charge is -2.38. The lowest BCUT2D eigenvalue weighted by atomic mass is 9.97. The van der Waals surface area contributed by atoms with E-state index in [9.17, 15) is 0 Å². The molecule has 0 aromatic heterocycles. The van der Waals surface area contributed by atoms with Gasteiger partial charge in [-0.1, -0.05) is 27.7 Å². The van der Waals surface area contributed by atoms with Gasteiger partial charge < -0.3 is 36.1 Å². The van der Waals surface area contributed by atoms with Crippen molar-refractivity contribution in [2.24, 2.45) is 10.8 Å². The molecule has 4 aliphatic rings. The molecular formula is C16H28O8P2S. The van der Waals surface area contributed by atoms with Crippen LogP contribution >= 0.6 is 29.2 Å². The van der Waals surface area contributed by atoms with Crippen LogP contribution in [0.5, 0.6) is 0 Å². The first-order valence-corrected chi connectivity index (χ1v) is 12.2. The Balaban J connectivity index is 1.29. The van der Waals surface area contributed by atoms with Gasteiger partial charge >= 0.3 is 17.2 Å². The average Bonchev–Trinajstić information content (AvgIpc) is 3.03. The van der Waals surface area contributed by atoms with E-state index >= 15 is 0 Å². The van der Waals surface area contributed by atoms with E-state index in [-0.39, 0.29) is 34.4 Å². The third kappa shape index (κ3) is 5.33. The second-order valence-corrected chi connectivity index (χ2v) is 12.1. The van der Waals surface area contributed by atoms with Crippen LogP contribution in [-0.4, -0.2) is 63.2 Å². The minimum absolute atomic E-state index is 0.00428. The van der Waals surface area contributed by atoms with E-state index in [1.165, 1.54) is 12.0 Å². The van der Waals surface area contributed by atoms with Gasteiger partial charge in [0.1, 0.15) is 18.3 Å². The van der Waals surface area contributed by atoms with E-state index in [4.69, 9.17) is 36.1 Å². The Kier molecular flexibility index (Phi) is 6.70. The van der Waals surface area contributed by atoms with Crippen LogP contribution in [0.15, 0.2) is 0 Å². The summed E-state index contributed by atoms with van der Waals surface area (Å²) in [6, 6.07) is 0. The molecule has 4 heterocycles. The normalized spacial score (nSPS) is 40.0. The molecule has 0 unspecified atom stereocenters. The van der Waals surface area contributed by atoms with Gasteiger partial charge in [-0.05, 0) is 0 Å². The number of rotatable bonds is 4. The molecule has 0 saturated carbocycles. The molecule has 27 heavy (non-hydrogen) atoms. The number of ether oxygens (including phenoxy) is 1. The van der Waals surface area contributed by atoms with Crippen LogP contribution in [0.2, 0.25) is 0 Å². The maximum absolute atomic E-state index is 6.06. The zero-order valence-electron chi connectivity index (χ0n) is 16.1. The first kappa shape index (κ1) is 21.1. The molecule has 4 rings (SSSR count). The largest absolute Gasteiger partial charge is 0.371 e. The van der Waals surface area contributed by atoms with Gasteiger partial charge in [-0.3, -0.25) is 0 Å².